The van der Waals surface area contributed by atoms with Crippen molar-refractivity contribution in [3.05, 3.63) is 0 Å². The first-order chi connectivity index (χ1) is 5.72. The van der Waals surface area contributed by atoms with Crippen LogP contribution in [0, 0.1) is 11.8 Å². The highest BCUT2D eigenvalue weighted by Gasteiger charge is 2.18. The van der Waals surface area contributed by atoms with E-state index in [9.17, 15) is 0 Å². The fourth-order valence-corrected chi connectivity index (χ4v) is 1.65. The molecule has 0 aromatic rings. The molecular weight excluding hydrogens is 148 g/mol. The van der Waals surface area contributed by atoms with E-state index < -0.39 is 0 Å². The fraction of sp³-hybridized carbons (Fsp3) is 1.00. The molecule has 1 fully saturated rings. The lowest BCUT2D eigenvalue weighted by atomic mass is 10.0. The van der Waals surface area contributed by atoms with Crippen LogP contribution in [0.15, 0.2) is 0 Å². The van der Waals surface area contributed by atoms with Crippen molar-refractivity contribution in [2.75, 3.05) is 33.2 Å². The van der Waals surface area contributed by atoms with Crippen molar-refractivity contribution in [1.82, 2.24) is 10.2 Å². The maximum atomic E-state index is 3.31. The number of nitrogens with zero attached hydrogens (tertiary/aromatic N) is 1. The molecule has 0 spiro atoms. The van der Waals surface area contributed by atoms with Crippen molar-refractivity contribution in [1.29, 1.82) is 0 Å². The lowest BCUT2D eigenvalue weighted by Gasteiger charge is -2.32. The number of nitrogens with one attached hydrogen (secondary N) is 1. The van der Waals surface area contributed by atoms with Gasteiger partial charge in [-0.1, -0.05) is 20.3 Å². The molecule has 0 aromatic heterocycles. The van der Waals surface area contributed by atoms with Crippen LogP contribution in [0.25, 0.3) is 0 Å². The number of hydrogen-bond acceptors (Lipinski definition) is 2. The Morgan fingerprint density at radius 3 is 2.58 bits per heavy atom. The van der Waals surface area contributed by atoms with E-state index >= 15 is 0 Å². The third-order valence-corrected chi connectivity index (χ3v) is 2.76. The van der Waals surface area contributed by atoms with Crippen LogP contribution < -0.4 is 5.32 Å². The third kappa shape index (κ3) is 3.11. The minimum absolute atomic E-state index is 0.850. The van der Waals surface area contributed by atoms with E-state index in [0.29, 0.717) is 0 Å². The first-order valence-electron chi connectivity index (χ1n) is 5.11. The first kappa shape index (κ1) is 10.0. The molecule has 0 amide bonds. The Labute approximate surface area is 76.3 Å². The molecule has 2 heteroatoms. The Morgan fingerprint density at radius 1 is 1.50 bits per heavy atom. The van der Waals surface area contributed by atoms with E-state index in [1.807, 2.05) is 0 Å². The SMILES string of the molecule is CCC(C)CN(C)CC1CNC1. The minimum Gasteiger partial charge on any atom is -0.316 e. The van der Waals surface area contributed by atoms with Crippen LogP contribution in [0.2, 0.25) is 0 Å². The molecule has 1 atom stereocenters. The van der Waals surface area contributed by atoms with Gasteiger partial charge in [0, 0.05) is 26.2 Å². The van der Waals surface area contributed by atoms with Crippen LogP contribution in [0.1, 0.15) is 20.3 Å². The molecule has 0 aliphatic carbocycles. The van der Waals surface area contributed by atoms with Crippen molar-refractivity contribution >= 4 is 0 Å². The summed E-state index contributed by atoms with van der Waals surface area (Å²) in [5, 5.41) is 3.31. The maximum absolute atomic E-state index is 3.31. The van der Waals surface area contributed by atoms with Gasteiger partial charge in [-0.2, -0.15) is 0 Å². The minimum atomic E-state index is 0.850. The number of rotatable bonds is 5. The highest BCUT2D eigenvalue weighted by Crippen LogP contribution is 2.08. The Kier molecular flexibility index (Phi) is 4.02. The van der Waals surface area contributed by atoms with E-state index in [1.165, 1.54) is 32.6 Å². The summed E-state index contributed by atoms with van der Waals surface area (Å²) in [6.07, 6.45) is 1.30. The molecule has 12 heavy (non-hydrogen) atoms. The van der Waals surface area contributed by atoms with Gasteiger partial charge in [0.25, 0.3) is 0 Å². The standard InChI is InChI=1S/C10H22N2/c1-4-9(2)7-12(3)8-10-5-11-6-10/h9-11H,4-8H2,1-3H3. The molecule has 1 rings (SSSR count). The quantitative estimate of drug-likeness (QED) is 0.666. The second kappa shape index (κ2) is 4.83. The highest BCUT2D eigenvalue weighted by molar-refractivity contribution is 4.77. The lowest BCUT2D eigenvalue weighted by Crippen LogP contribution is -2.48. The fourth-order valence-electron chi connectivity index (χ4n) is 1.65. The molecule has 1 N–H and O–H groups in total. The van der Waals surface area contributed by atoms with Crippen LogP contribution in [-0.2, 0) is 0 Å². The van der Waals surface area contributed by atoms with E-state index in [2.05, 4.69) is 31.1 Å². The molecule has 1 aliphatic heterocycles. The van der Waals surface area contributed by atoms with Gasteiger partial charge < -0.3 is 10.2 Å². The summed E-state index contributed by atoms with van der Waals surface area (Å²) in [4.78, 5) is 2.47. The Hall–Kier alpha value is -0.0800. The zero-order chi connectivity index (χ0) is 8.97. The van der Waals surface area contributed by atoms with E-state index in [4.69, 9.17) is 0 Å². The Bertz CT molecular complexity index is 114. The predicted octanol–water partition coefficient (Wildman–Crippen LogP) is 1.18. The summed E-state index contributed by atoms with van der Waals surface area (Å²) in [6.45, 7) is 9.58. The Balaban J connectivity index is 2.05. The molecule has 2 nitrogen and oxygen atoms in total. The summed E-state index contributed by atoms with van der Waals surface area (Å²) in [7, 11) is 2.24. The van der Waals surface area contributed by atoms with Crippen molar-refractivity contribution in [3.63, 3.8) is 0 Å². The molecule has 1 unspecified atom stereocenters. The molecule has 0 radical (unpaired) electrons. The molecule has 0 bridgehead atoms. The number of hydrogen-bond donors (Lipinski definition) is 1. The summed E-state index contributed by atoms with van der Waals surface area (Å²) >= 11 is 0. The topological polar surface area (TPSA) is 15.3 Å². The maximum Gasteiger partial charge on any atom is 0.00310 e. The third-order valence-electron chi connectivity index (χ3n) is 2.76. The van der Waals surface area contributed by atoms with Gasteiger partial charge in [-0.05, 0) is 18.9 Å². The Morgan fingerprint density at radius 2 is 2.17 bits per heavy atom. The van der Waals surface area contributed by atoms with Gasteiger partial charge in [-0.15, -0.1) is 0 Å². The van der Waals surface area contributed by atoms with Crippen molar-refractivity contribution in [2.45, 2.75) is 20.3 Å². The average molecular weight is 170 g/mol. The van der Waals surface area contributed by atoms with Crippen LogP contribution in [-0.4, -0.2) is 38.1 Å². The van der Waals surface area contributed by atoms with E-state index in [0.717, 1.165) is 11.8 Å². The van der Waals surface area contributed by atoms with Gasteiger partial charge in [0.05, 0.1) is 0 Å². The van der Waals surface area contributed by atoms with Crippen LogP contribution >= 0.6 is 0 Å². The van der Waals surface area contributed by atoms with E-state index in [-0.39, 0.29) is 0 Å². The summed E-state index contributed by atoms with van der Waals surface area (Å²) < 4.78 is 0. The molecule has 0 saturated carbocycles. The van der Waals surface area contributed by atoms with Gasteiger partial charge in [0.2, 0.25) is 0 Å². The molecule has 1 saturated heterocycles. The summed E-state index contributed by atoms with van der Waals surface area (Å²) in [5.74, 6) is 1.77. The first-order valence-corrected chi connectivity index (χ1v) is 5.11. The van der Waals surface area contributed by atoms with Crippen molar-refractivity contribution < 1.29 is 0 Å². The van der Waals surface area contributed by atoms with Crippen LogP contribution in [0.5, 0.6) is 0 Å². The van der Waals surface area contributed by atoms with Gasteiger partial charge >= 0.3 is 0 Å². The second-order valence-corrected chi connectivity index (χ2v) is 4.26. The lowest BCUT2D eigenvalue weighted by molar-refractivity contribution is 0.203. The van der Waals surface area contributed by atoms with Gasteiger partial charge in [0.15, 0.2) is 0 Å². The van der Waals surface area contributed by atoms with Gasteiger partial charge in [-0.25, -0.2) is 0 Å². The molecule has 1 heterocycles. The molecule has 0 aromatic carbocycles. The predicted molar refractivity (Wildman–Crippen MR) is 53.3 cm³/mol. The van der Waals surface area contributed by atoms with Crippen molar-refractivity contribution in [3.8, 4) is 0 Å². The largest absolute Gasteiger partial charge is 0.316 e. The van der Waals surface area contributed by atoms with Crippen LogP contribution in [0.4, 0.5) is 0 Å². The molecular formula is C10H22N2. The smallest absolute Gasteiger partial charge is 0.00310 e. The molecule has 1 aliphatic rings. The van der Waals surface area contributed by atoms with E-state index in [1.54, 1.807) is 0 Å². The average Bonchev–Trinajstić information content (AvgIpc) is 1.97. The summed E-state index contributed by atoms with van der Waals surface area (Å²) in [6, 6.07) is 0. The molecule has 72 valence electrons. The highest BCUT2D eigenvalue weighted by atomic mass is 15.1. The zero-order valence-electron chi connectivity index (χ0n) is 8.64. The van der Waals surface area contributed by atoms with Crippen molar-refractivity contribution in [2.24, 2.45) is 11.8 Å². The second-order valence-electron chi connectivity index (χ2n) is 4.26. The van der Waals surface area contributed by atoms with Gasteiger partial charge in [0.1, 0.15) is 0 Å². The van der Waals surface area contributed by atoms with Crippen LogP contribution in [0.3, 0.4) is 0 Å². The monoisotopic (exact) mass is 170 g/mol. The summed E-state index contributed by atoms with van der Waals surface area (Å²) in [5.41, 5.74) is 0. The normalized spacial score (nSPS) is 21.0. The van der Waals surface area contributed by atoms with Gasteiger partial charge in [-0.3, -0.25) is 0 Å². The zero-order valence-corrected chi connectivity index (χ0v) is 8.64.